The van der Waals surface area contributed by atoms with Gasteiger partial charge in [-0.2, -0.15) is 0 Å². The number of carbonyl (C=O) groups is 2. The molecule has 1 spiro atoms. The van der Waals surface area contributed by atoms with Gasteiger partial charge in [-0.1, -0.05) is 18.2 Å². The van der Waals surface area contributed by atoms with Crippen molar-refractivity contribution < 1.29 is 19.6 Å². The number of hydrogen-bond acceptors (Lipinski definition) is 3. The van der Waals surface area contributed by atoms with Gasteiger partial charge in [-0.15, -0.1) is 0 Å². The maximum Gasteiger partial charge on any atom is 0.364 e. The quantitative estimate of drug-likeness (QED) is 0.650. The van der Waals surface area contributed by atoms with Gasteiger partial charge in [0.05, 0.1) is 13.7 Å². The summed E-state index contributed by atoms with van der Waals surface area (Å²) >= 11 is 0. The highest BCUT2D eigenvalue weighted by molar-refractivity contribution is 6.06. The molecule has 5 nitrogen and oxygen atoms in total. The molecule has 0 bridgehead atoms. The standard InChI is InChI=1S/C13H14N2O3/c1-18-11(16)10-6-13(7-14-10)8-4-2-3-5-9(8)15-12(13)17/h2-5,10,14H,6-7H2,1H3,(H,15,17)/p+1/t10-,13-/m1/s1. The number of fused-ring (bicyclic) bond motifs is 2. The number of amides is 1. The summed E-state index contributed by atoms with van der Waals surface area (Å²) in [6.45, 7) is 0.593. The molecule has 0 saturated carbocycles. The normalized spacial score (nSPS) is 29.2. The Balaban J connectivity index is 1.97. The van der Waals surface area contributed by atoms with Gasteiger partial charge >= 0.3 is 5.97 Å². The van der Waals surface area contributed by atoms with Gasteiger partial charge in [-0.25, -0.2) is 4.79 Å². The molecule has 18 heavy (non-hydrogen) atoms. The number of para-hydroxylation sites is 1. The van der Waals surface area contributed by atoms with Crippen molar-refractivity contribution in [1.29, 1.82) is 0 Å². The van der Waals surface area contributed by atoms with E-state index in [1.54, 1.807) is 0 Å². The largest absolute Gasteiger partial charge is 0.465 e. The lowest BCUT2D eigenvalue weighted by Gasteiger charge is -2.16. The average Bonchev–Trinajstić information content (AvgIpc) is 2.94. The summed E-state index contributed by atoms with van der Waals surface area (Å²) in [6, 6.07) is 7.39. The predicted octanol–water partition coefficient (Wildman–Crippen LogP) is -0.615. The minimum Gasteiger partial charge on any atom is -0.465 e. The van der Waals surface area contributed by atoms with Gasteiger partial charge in [0.1, 0.15) is 5.41 Å². The number of quaternary nitrogens is 1. The highest BCUT2D eigenvalue weighted by Crippen LogP contribution is 2.41. The molecule has 94 valence electrons. The van der Waals surface area contributed by atoms with Crippen molar-refractivity contribution in [3.05, 3.63) is 29.8 Å². The second-order valence-electron chi connectivity index (χ2n) is 4.86. The van der Waals surface area contributed by atoms with E-state index in [1.807, 2.05) is 29.6 Å². The molecule has 2 atom stereocenters. The van der Waals surface area contributed by atoms with E-state index in [4.69, 9.17) is 4.74 Å². The lowest BCUT2D eigenvalue weighted by molar-refractivity contribution is -0.660. The molecular formula is C13H15N2O3+. The number of benzene rings is 1. The molecule has 0 unspecified atom stereocenters. The summed E-state index contributed by atoms with van der Waals surface area (Å²) in [4.78, 5) is 23.8. The van der Waals surface area contributed by atoms with Gasteiger partial charge in [0, 0.05) is 12.1 Å². The van der Waals surface area contributed by atoms with E-state index in [9.17, 15) is 9.59 Å². The summed E-state index contributed by atoms with van der Waals surface area (Å²) in [5, 5.41) is 4.79. The van der Waals surface area contributed by atoms with Gasteiger partial charge in [-0.05, 0) is 11.6 Å². The first-order valence-corrected chi connectivity index (χ1v) is 5.99. The molecule has 5 heteroatoms. The molecule has 0 aliphatic carbocycles. The van der Waals surface area contributed by atoms with Crippen molar-refractivity contribution in [2.75, 3.05) is 19.0 Å². The first kappa shape index (κ1) is 11.2. The third-order valence-corrected chi connectivity index (χ3v) is 3.95. The van der Waals surface area contributed by atoms with Gasteiger partial charge < -0.3 is 15.4 Å². The molecule has 3 N–H and O–H groups in total. The van der Waals surface area contributed by atoms with Crippen LogP contribution in [0.3, 0.4) is 0 Å². The Hall–Kier alpha value is -1.88. The summed E-state index contributed by atoms with van der Waals surface area (Å²) in [5.41, 5.74) is 1.29. The Kier molecular flexibility index (Phi) is 2.38. The number of nitrogens with two attached hydrogens (primary N) is 1. The third-order valence-electron chi connectivity index (χ3n) is 3.95. The lowest BCUT2D eigenvalue weighted by atomic mass is 9.79. The molecule has 3 rings (SSSR count). The van der Waals surface area contributed by atoms with Crippen molar-refractivity contribution in [3.63, 3.8) is 0 Å². The minimum absolute atomic E-state index is 0.00801. The first-order chi connectivity index (χ1) is 8.67. The zero-order valence-corrected chi connectivity index (χ0v) is 10.1. The minimum atomic E-state index is -0.574. The van der Waals surface area contributed by atoms with Crippen LogP contribution in [0.15, 0.2) is 24.3 Å². The summed E-state index contributed by atoms with van der Waals surface area (Å²) in [7, 11) is 1.38. The third kappa shape index (κ3) is 1.37. The molecule has 1 aromatic rings. The van der Waals surface area contributed by atoms with E-state index < -0.39 is 5.41 Å². The summed E-state index contributed by atoms with van der Waals surface area (Å²) in [6.07, 6.45) is 0.503. The van der Waals surface area contributed by atoms with Gasteiger partial charge in [-0.3, -0.25) is 4.79 Å². The molecule has 2 aliphatic rings. The van der Waals surface area contributed by atoms with Gasteiger partial charge in [0.2, 0.25) is 5.91 Å². The highest BCUT2D eigenvalue weighted by atomic mass is 16.5. The zero-order chi connectivity index (χ0) is 12.8. The van der Waals surface area contributed by atoms with Crippen molar-refractivity contribution in [2.45, 2.75) is 17.9 Å². The number of carbonyl (C=O) groups excluding carboxylic acids is 2. The SMILES string of the molecule is COC(=O)[C@H]1C[C@]2(C[NH2+]1)C(=O)Nc1ccccc12. The highest BCUT2D eigenvalue weighted by Gasteiger charge is 2.56. The van der Waals surface area contributed by atoms with Crippen LogP contribution >= 0.6 is 0 Å². The van der Waals surface area contributed by atoms with Crippen molar-refractivity contribution in [3.8, 4) is 0 Å². The molecule has 0 aromatic heterocycles. The maximum absolute atomic E-state index is 12.2. The summed E-state index contributed by atoms with van der Waals surface area (Å²) in [5.74, 6) is -0.268. The van der Waals surface area contributed by atoms with E-state index >= 15 is 0 Å². The fourth-order valence-electron chi connectivity index (χ4n) is 3.00. The molecule has 2 heterocycles. The number of ether oxygens (including phenoxy) is 1. The second-order valence-corrected chi connectivity index (χ2v) is 4.86. The fraction of sp³-hybridized carbons (Fsp3) is 0.385. The van der Waals surface area contributed by atoms with Crippen LogP contribution in [0, 0.1) is 0 Å². The van der Waals surface area contributed by atoms with E-state index in [0.29, 0.717) is 13.0 Å². The average molecular weight is 247 g/mol. The number of nitrogens with one attached hydrogen (secondary N) is 1. The molecule has 1 saturated heterocycles. The van der Waals surface area contributed by atoms with Crippen LogP contribution in [-0.4, -0.2) is 31.6 Å². The van der Waals surface area contributed by atoms with Crippen molar-refractivity contribution >= 4 is 17.6 Å². The summed E-state index contributed by atoms with van der Waals surface area (Å²) < 4.78 is 4.76. The van der Waals surface area contributed by atoms with E-state index in [2.05, 4.69) is 5.32 Å². The Morgan fingerprint density at radius 3 is 3.06 bits per heavy atom. The fourth-order valence-corrected chi connectivity index (χ4v) is 3.00. The maximum atomic E-state index is 12.2. The zero-order valence-electron chi connectivity index (χ0n) is 10.1. The Morgan fingerprint density at radius 1 is 1.50 bits per heavy atom. The molecular weight excluding hydrogens is 232 g/mol. The van der Waals surface area contributed by atoms with E-state index in [-0.39, 0.29) is 17.9 Å². The van der Waals surface area contributed by atoms with Crippen molar-refractivity contribution in [2.24, 2.45) is 0 Å². The Morgan fingerprint density at radius 2 is 2.28 bits per heavy atom. The van der Waals surface area contributed by atoms with Gasteiger partial charge in [0.15, 0.2) is 6.04 Å². The molecule has 1 fully saturated rings. The van der Waals surface area contributed by atoms with Crippen LogP contribution in [0.1, 0.15) is 12.0 Å². The van der Waals surface area contributed by atoms with Crippen LogP contribution in [0.4, 0.5) is 5.69 Å². The molecule has 1 amide bonds. The molecule has 2 aliphatic heterocycles. The monoisotopic (exact) mass is 247 g/mol. The van der Waals surface area contributed by atoms with Crippen LogP contribution in [0.25, 0.3) is 0 Å². The second kappa shape index (κ2) is 3.81. The lowest BCUT2D eigenvalue weighted by Crippen LogP contribution is -2.89. The van der Waals surface area contributed by atoms with Gasteiger partial charge in [0.25, 0.3) is 0 Å². The topological polar surface area (TPSA) is 72.0 Å². The number of esters is 1. The Labute approximate surface area is 105 Å². The number of anilines is 1. The number of methoxy groups -OCH3 is 1. The predicted molar refractivity (Wildman–Crippen MR) is 64.0 cm³/mol. The smallest absolute Gasteiger partial charge is 0.364 e. The van der Waals surface area contributed by atoms with Crippen molar-refractivity contribution in [1.82, 2.24) is 0 Å². The van der Waals surface area contributed by atoms with Crippen LogP contribution < -0.4 is 10.6 Å². The Bertz CT molecular complexity index is 529. The first-order valence-electron chi connectivity index (χ1n) is 5.99. The number of hydrogen-bond donors (Lipinski definition) is 2. The van der Waals surface area contributed by atoms with Crippen LogP contribution in [-0.2, 0) is 19.7 Å². The van der Waals surface area contributed by atoms with Crippen LogP contribution in [0.2, 0.25) is 0 Å². The van der Waals surface area contributed by atoms with E-state index in [1.165, 1.54) is 7.11 Å². The number of rotatable bonds is 1. The molecule has 1 aromatic carbocycles. The molecule has 0 radical (unpaired) electrons. The van der Waals surface area contributed by atoms with Crippen LogP contribution in [0.5, 0.6) is 0 Å². The van der Waals surface area contributed by atoms with E-state index in [0.717, 1.165) is 11.3 Å².